The summed E-state index contributed by atoms with van der Waals surface area (Å²) in [5.41, 5.74) is 3.81. The van der Waals surface area contributed by atoms with Gasteiger partial charge in [0.1, 0.15) is 17.3 Å². The summed E-state index contributed by atoms with van der Waals surface area (Å²) in [6, 6.07) is 14.7. The van der Waals surface area contributed by atoms with Gasteiger partial charge in [-0.05, 0) is 56.2 Å². The number of aromatic nitrogens is 1. The third-order valence-electron chi connectivity index (χ3n) is 5.23. The maximum atomic E-state index is 12.9. The maximum Gasteiger partial charge on any atom is 0.256 e. The third-order valence-corrected chi connectivity index (χ3v) is 5.23. The Morgan fingerprint density at radius 3 is 2.52 bits per heavy atom. The van der Waals surface area contributed by atoms with Gasteiger partial charge < -0.3 is 15.0 Å². The van der Waals surface area contributed by atoms with Crippen LogP contribution in [0.15, 0.2) is 54.7 Å². The number of anilines is 1. The highest BCUT2D eigenvalue weighted by Crippen LogP contribution is 2.35. The van der Waals surface area contributed by atoms with Gasteiger partial charge in [0.15, 0.2) is 0 Å². The van der Waals surface area contributed by atoms with Crippen LogP contribution in [0.2, 0.25) is 0 Å². The van der Waals surface area contributed by atoms with Crippen molar-refractivity contribution in [3.8, 4) is 11.5 Å². The first kappa shape index (κ1) is 20.6. The zero-order chi connectivity index (χ0) is 22.0. The van der Waals surface area contributed by atoms with Gasteiger partial charge in [-0.2, -0.15) is 0 Å². The van der Waals surface area contributed by atoms with E-state index >= 15 is 0 Å². The lowest BCUT2D eigenvalue weighted by Crippen LogP contribution is -2.24. The topological polar surface area (TPSA) is 71.5 Å². The molecule has 4 rings (SSSR count). The Hall–Kier alpha value is -3.67. The molecular weight excluding hydrogens is 390 g/mol. The van der Waals surface area contributed by atoms with Crippen LogP contribution in [0.1, 0.15) is 50.8 Å². The minimum Gasteiger partial charge on any atom is -0.457 e. The number of pyridine rings is 1. The molecule has 6 heteroatoms. The number of hydrogen-bond donors (Lipinski definition) is 1. The summed E-state index contributed by atoms with van der Waals surface area (Å²) in [4.78, 5) is 31.9. The number of hydrogen-bond acceptors (Lipinski definition) is 4. The van der Waals surface area contributed by atoms with E-state index in [1.165, 1.54) is 0 Å². The molecule has 0 saturated heterocycles. The molecule has 0 aliphatic carbocycles. The van der Waals surface area contributed by atoms with Gasteiger partial charge in [-0.3, -0.25) is 9.59 Å². The largest absolute Gasteiger partial charge is 0.457 e. The Morgan fingerprint density at radius 2 is 1.84 bits per heavy atom. The minimum atomic E-state index is -0.338. The van der Waals surface area contributed by atoms with E-state index in [4.69, 9.17) is 4.74 Å². The van der Waals surface area contributed by atoms with Gasteiger partial charge in [0.25, 0.3) is 11.8 Å². The number of fused-ring (bicyclic) bond motifs is 1. The minimum absolute atomic E-state index is 0.0753. The predicted octanol–water partition coefficient (Wildman–Crippen LogP) is 5.11. The van der Waals surface area contributed by atoms with Crippen molar-refractivity contribution in [2.24, 2.45) is 0 Å². The van der Waals surface area contributed by atoms with E-state index in [1.54, 1.807) is 29.3 Å². The normalized spacial score (nSPS) is 12.6. The highest BCUT2D eigenvalue weighted by molar-refractivity contribution is 6.07. The van der Waals surface area contributed by atoms with E-state index in [0.29, 0.717) is 41.5 Å². The number of nitrogens with one attached hydrogen (secondary N) is 1. The zero-order valence-electron chi connectivity index (χ0n) is 17.9. The molecule has 0 atom stereocenters. The van der Waals surface area contributed by atoms with E-state index in [1.807, 2.05) is 51.1 Å². The van der Waals surface area contributed by atoms with Crippen LogP contribution in [0.25, 0.3) is 0 Å². The maximum absolute atomic E-state index is 12.9. The van der Waals surface area contributed by atoms with Crippen LogP contribution < -0.4 is 10.1 Å². The van der Waals surface area contributed by atoms with Crippen molar-refractivity contribution in [1.82, 2.24) is 9.88 Å². The number of aryl methyl sites for hydroxylation is 2. The van der Waals surface area contributed by atoms with Crippen LogP contribution in [0, 0.1) is 13.8 Å². The second-order valence-electron chi connectivity index (χ2n) is 7.82. The van der Waals surface area contributed by atoms with E-state index in [0.717, 1.165) is 23.1 Å². The van der Waals surface area contributed by atoms with Crippen molar-refractivity contribution in [3.63, 3.8) is 0 Å². The second-order valence-corrected chi connectivity index (χ2v) is 7.82. The van der Waals surface area contributed by atoms with E-state index in [-0.39, 0.29) is 11.8 Å². The quantitative estimate of drug-likeness (QED) is 0.607. The average Bonchev–Trinajstić information content (AvgIpc) is 3.07. The first-order valence-corrected chi connectivity index (χ1v) is 10.4. The molecule has 3 aromatic rings. The summed E-state index contributed by atoms with van der Waals surface area (Å²) in [5.74, 6) is 1.22. The highest BCUT2D eigenvalue weighted by atomic mass is 16.5. The van der Waals surface area contributed by atoms with Crippen molar-refractivity contribution >= 4 is 17.6 Å². The second kappa shape index (κ2) is 8.60. The number of nitrogens with zero attached hydrogens (tertiary/aromatic N) is 2. The summed E-state index contributed by atoms with van der Waals surface area (Å²) in [7, 11) is 0. The fourth-order valence-corrected chi connectivity index (χ4v) is 3.57. The number of carbonyl (C=O) groups is 2. The summed E-state index contributed by atoms with van der Waals surface area (Å²) < 4.78 is 6.13. The molecular formula is C25H25N3O3. The van der Waals surface area contributed by atoms with Gasteiger partial charge in [0.05, 0.1) is 6.54 Å². The molecule has 0 unspecified atom stereocenters. The Balaban J connectivity index is 1.69. The lowest BCUT2D eigenvalue weighted by Gasteiger charge is -2.14. The van der Waals surface area contributed by atoms with Gasteiger partial charge in [-0.25, -0.2) is 4.98 Å². The van der Waals surface area contributed by atoms with Gasteiger partial charge >= 0.3 is 0 Å². The molecule has 0 fully saturated rings. The highest BCUT2D eigenvalue weighted by Gasteiger charge is 2.31. The van der Waals surface area contributed by atoms with Crippen LogP contribution >= 0.6 is 0 Å². The lowest BCUT2D eigenvalue weighted by atomic mass is 10.0. The molecule has 31 heavy (non-hydrogen) atoms. The summed E-state index contributed by atoms with van der Waals surface area (Å²) in [6.07, 6.45) is 2.55. The Morgan fingerprint density at radius 1 is 1.10 bits per heavy atom. The number of carbonyl (C=O) groups excluding carboxylic acids is 2. The van der Waals surface area contributed by atoms with E-state index < -0.39 is 0 Å². The third kappa shape index (κ3) is 4.43. The van der Waals surface area contributed by atoms with Gasteiger partial charge in [0, 0.05) is 29.4 Å². The summed E-state index contributed by atoms with van der Waals surface area (Å²) >= 11 is 0. The van der Waals surface area contributed by atoms with Crippen molar-refractivity contribution in [2.75, 3.05) is 11.9 Å². The first-order valence-electron chi connectivity index (χ1n) is 10.4. The number of amides is 2. The molecule has 1 aliphatic heterocycles. The molecule has 1 aliphatic rings. The van der Waals surface area contributed by atoms with Crippen LogP contribution in [0.5, 0.6) is 11.5 Å². The molecule has 158 valence electrons. The van der Waals surface area contributed by atoms with Gasteiger partial charge in [-0.1, -0.05) is 30.7 Å². The fraction of sp³-hybridized carbons (Fsp3) is 0.240. The fourth-order valence-electron chi connectivity index (χ4n) is 3.57. The zero-order valence-corrected chi connectivity index (χ0v) is 17.9. The summed E-state index contributed by atoms with van der Waals surface area (Å²) in [5, 5.41) is 2.80. The number of benzene rings is 2. The Kier molecular flexibility index (Phi) is 5.71. The molecule has 0 saturated carbocycles. The molecule has 1 N–H and O–H groups in total. The van der Waals surface area contributed by atoms with Crippen LogP contribution in [-0.4, -0.2) is 28.2 Å². The Bertz CT molecular complexity index is 1120. The number of ether oxygens (including phenoxy) is 1. The van der Waals surface area contributed by atoms with Crippen molar-refractivity contribution in [3.05, 3.63) is 82.5 Å². The average molecular weight is 415 g/mol. The number of rotatable bonds is 6. The Labute approximate surface area is 181 Å². The predicted molar refractivity (Wildman–Crippen MR) is 120 cm³/mol. The van der Waals surface area contributed by atoms with Crippen LogP contribution in [-0.2, 0) is 6.54 Å². The van der Waals surface area contributed by atoms with Crippen molar-refractivity contribution in [2.45, 2.75) is 33.7 Å². The molecule has 2 aromatic carbocycles. The monoisotopic (exact) mass is 415 g/mol. The van der Waals surface area contributed by atoms with Crippen LogP contribution in [0.4, 0.5) is 5.82 Å². The molecule has 0 radical (unpaired) electrons. The van der Waals surface area contributed by atoms with Crippen molar-refractivity contribution < 1.29 is 14.3 Å². The van der Waals surface area contributed by atoms with Crippen LogP contribution in [0.3, 0.4) is 0 Å². The smallest absolute Gasteiger partial charge is 0.256 e. The molecule has 2 amide bonds. The molecule has 0 spiro atoms. The van der Waals surface area contributed by atoms with Gasteiger partial charge in [0.2, 0.25) is 0 Å². The molecule has 0 bridgehead atoms. The molecule has 6 nitrogen and oxygen atoms in total. The van der Waals surface area contributed by atoms with Gasteiger partial charge in [-0.15, -0.1) is 0 Å². The molecule has 2 heterocycles. The van der Waals surface area contributed by atoms with Crippen molar-refractivity contribution in [1.29, 1.82) is 0 Å². The molecule has 1 aromatic heterocycles. The SMILES string of the molecule is CCCN1Cc2c(Oc3ccc(C)cc3)cc(C(=O)Nc3ccc(C)cn3)cc2C1=O. The first-order chi connectivity index (χ1) is 14.9. The lowest BCUT2D eigenvalue weighted by molar-refractivity contribution is 0.0778. The van der Waals surface area contributed by atoms with E-state index in [9.17, 15) is 9.59 Å². The van der Waals surface area contributed by atoms with E-state index in [2.05, 4.69) is 10.3 Å². The summed E-state index contributed by atoms with van der Waals surface area (Å²) in [6.45, 7) is 7.11. The standard InChI is InChI=1S/C25H25N3O3/c1-4-11-28-15-21-20(25(28)30)12-18(24(29)27-23-10-7-17(3)14-26-23)13-22(21)31-19-8-5-16(2)6-9-19/h5-10,12-14H,4,11,15H2,1-3H3,(H,26,27,29).